The molecular formula is C22H22N4O2S. The fraction of sp³-hybridized carbons (Fsp3) is 0.227. The van der Waals surface area contributed by atoms with Crippen LogP contribution in [0.3, 0.4) is 0 Å². The molecule has 0 bridgehead atoms. The Morgan fingerprint density at radius 3 is 2.69 bits per heavy atom. The van der Waals surface area contributed by atoms with Crippen LogP contribution in [0.1, 0.15) is 35.0 Å². The summed E-state index contributed by atoms with van der Waals surface area (Å²) in [6, 6.07) is 15.5. The Kier molecular flexibility index (Phi) is 5.67. The Hall–Kier alpha value is -3.06. The Morgan fingerprint density at radius 1 is 1.17 bits per heavy atom. The molecule has 148 valence electrons. The van der Waals surface area contributed by atoms with Crippen LogP contribution < -0.4 is 10.7 Å². The van der Waals surface area contributed by atoms with Crippen molar-refractivity contribution < 1.29 is 9.21 Å². The third kappa shape index (κ3) is 4.35. The Balaban J connectivity index is 1.43. The van der Waals surface area contributed by atoms with Gasteiger partial charge >= 0.3 is 5.91 Å². The van der Waals surface area contributed by atoms with Crippen LogP contribution >= 0.6 is 11.8 Å². The molecule has 4 rings (SSSR count). The van der Waals surface area contributed by atoms with Crippen molar-refractivity contribution in [3.63, 3.8) is 0 Å². The molecule has 0 saturated heterocycles. The van der Waals surface area contributed by atoms with E-state index in [1.807, 2.05) is 62.4 Å². The van der Waals surface area contributed by atoms with Gasteiger partial charge in [-0.25, -0.2) is 5.43 Å². The first kappa shape index (κ1) is 19.3. The molecule has 2 aromatic carbocycles. The van der Waals surface area contributed by atoms with Crippen LogP contribution in [0.2, 0.25) is 0 Å². The minimum absolute atomic E-state index is 0.285. The number of furan rings is 1. The van der Waals surface area contributed by atoms with Crippen LogP contribution in [0, 0.1) is 6.92 Å². The number of aryl methyl sites for hydroxylation is 1. The summed E-state index contributed by atoms with van der Waals surface area (Å²) in [6.45, 7) is 4.61. The van der Waals surface area contributed by atoms with Gasteiger partial charge in [-0.15, -0.1) is 0 Å². The molecule has 2 heterocycles. The number of anilines is 1. The number of rotatable bonds is 4. The first-order valence-corrected chi connectivity index (χ1v) is 10.5. The van der Waals surface area contributed by atoms with Crippen LogP contribution in [0.5, 0.6) is 0 Å². The molecule has 0 fully saturated rings. The zero-order valence-corrected chi connectivity index (χ0v) is 17.2. The number of para-hydroxylation sites is 1. The van der Waals surface area contributed by atoms with Gasteiger partial charge in [0.05, 0.1) is 5.71 Å². The highest BCUT2D eigenvalue weighted by Gasteiger charge is 2.17. The van der Waals surface area contributed by atoms with Crippen molar-refractivity contribution in [3.05, 3.63) is 65.4 Å². The molecule has 0 radical (unpaired) electrons. The number of benzene rings is 2. The molecule has 7 heteroatoms. The maximum atomic E-state index is 12.5. The molecule has 29 heavy (non-hydrogen) atoms. The molecule has 1 aliphatic heterocycles. The Bertz CT molecular complexity index is 1100. The van der Waals surface area contributed by atoms with E-state index in [0.717, 1.165) is 46.1 Å². The van der Waals surface area contributed by atoms with Gasteiger partial charge in [-0.1, -0.05) is 42.1 Å². The van der Waals surface area contributed by atoms with E-state index < -0.39 is 0 Å². The average molecular weight is 407 g/mol. The summed E-state index contributed by atoms with van der Waals surface area (Å²) < 4.78 is 5.68. The first-order valence-electron chi connectivity index (χ1n) is 9.49. The summed E-state index contributed by atoms with van der Waals surface area (Å²) in [4.78, 5) is 17.0. The highest BCUT2D eigenvalue weighted by Crippen LogP contribution is 2.24. The number of hydrogen-bond donors (Lipinski definition) is 2. The van der Waals surface area contributed by atoms with Crippen molar-refractivity contribution in [3.8, 4) is 0 Å². The highest BCUT2D eigenvalue weighted by molar-refractivity contribution is 8.14. The number of carbonyl (C=O) groups excluding carboxylic acids is 1. The van der Waals surface area contributed by atoms with Gasteiger partial charge in [-0.05, 0) is 44.0 Å². The van der Waals surface area contributed by atoms with Crippen molar-refractivity contribution in [1.82, 2.24) is 5.43 Å². The largest absolute Gasteiger partial charge is 0.451 e. The fourth-order valence-corrected chi connectivity index (χ4v) is 3.93. The van der Waals surface area contributed by atoms with Gasteiger partial charge in [0, 0.05) is 28.9 Å². The van der Waals surface area contributed by atoms with Gasteiger partial charge in [0.15, 0.2) is 10.9 Å². The summed E-state index contributed by atoms with van der Waals surface area (Å²) in [7, 11) is 0. The molecule has 6 nitrogen and oxygen atoms in total. The second-order valence-electron chi connectivity index (χ2n) is 6.78. The van der Waals surface area contributed by atoms with Gasteiger partial charge in [0.25, 0.3) is 0 Å². The lowest BCUT2D eigenvalue weighted by atomic mass is 10.1. The minimum Gasteiger partial charge on any atom is -0.451 e. The second kappa shape index (κ2) is 8.53. The molecule has 1 aromatic heterocycles. The number of hydrogen-bond acceptors (Lipinski definition) is 6. The third-order valence-electron chi connectivity index (χ3n) is 4.73. The van der Waals surface area contributed by atoms with Crippen molar-refractivity contribution in [2.75, 3.05) is 17.6 Å². The highest BCUT2D eigenvalue weighted by atomic mass is 32.2. The zero-order chi connectivity index (χ0) is 20.2. The SMILES string of the molecule is C/C(=N/NC(=O)c1oc2ccccc2c1C)c1ccc(NC2=NCCCS2)cc1. The molecule has 3 aromatic rings. The second-order valence-corrected chi connectivity index (χ2v) is 7.87. The summed E-state index contributed by atoms with van der Waals surface area (Å²) in [5.41, 5.74) is 6.72. The van der Waals surface area contributed by atoms with Gasteiger partial charge in [0.2, 0.25) is 0 Å². The van der Waals surface area contributed by atoms with Crippen LogP contribution in [0.15, 0.2) is 63.0 Å². The fourth-order valence-electron chi connectivity index (χ4n) is 3.09. The number of thioether (sulfide) groups is 1. The lowest BCUT2D eigenvalue weighted by molar-refractivity contribution is 0.0928. The van der Waals surface area contributed by atoms with E-state index in [4.69, 9.17) is 4.42 Å². The molecular weight excluding hydrogens is 384 g/mol. The van der Waals surface area contributed by atoms with Crippen molar-refractivity contribution >= 4 is 45.2 Å². The van der Waals surface area contributed by atoms with E-state index in [2.05, 4.69) is 20.8 Å². The standard InChI is InChI=1S/C22H22N4O2S/c1-14-18-6-3-4-7-19(18)28-20(14)21(27)26-25-15(2)16-8-10-17(11-9-16)24-22-23-12-5-13-29-22/h3-4,6-11H,5,12-13H2,1-2H3,(H,23,24)(H,26,27)/b25-15-. The maximum absolute atomic E-state index is 12.5. The van der Waals surface area contributed by atoms with Crippen LogP contribution in [-0.2, 0) is 0 Å². The Labute approximate surface area is 173 Å². The number of hydrazone groups is 1. The topological polar surface area (TPSA) is 79.0 Å². The number of amidine groups is 1. The molecule has 2 N–H and O–H groups in total. The minimum atomic E-state index is -0.358. The predicted octanol–water partition coefficient (Wildman–Crippen LogP) is 4.80. The van der Waals surface area contributed by atoms with Gasteiger partial charge in [0.1, 0.15) is 5.58 Å². The summed E-state index contributed by atoms with van der Waals surface area (Å²) in [5, 5.41) is 9.46. The molecule has 0 aliphatic carbocycles. The van der Waals surface area contributed by atoms with E-state index in [-0.39, 0.29) is 11.7 Å². The number of carbonyl (C=O) groups is 1. The van der Waals surface area contributed by atoms with Crippen molar-refractivity contribution in [2.24, 2.45) is 10.1 Å². The van der Waals surface area contributed by atoms with E-state index in [1.54, 1.807) is 11.8 Å². The van der Waals surface area contributed by atoms with Gasteiger partial charge in [-0.3, -0.25) is 9.79 Å². The number of nitrogens with one attached hydrogen (secondary N) is 2. The molecule has 0 unspecified atom stereocenters. The monoisotopic (exact) mass is 406 g/mol. The lowest BCUT2D eigenvalue weighted by Crippen LogP contribution is -2.19. The molecule has 1 amide bonds. The number of amides is 1. The first-order chi connectivity index (χ1) is 14.1. The molecule has 1 aliphatic rings. The van der Waals surface area contributed by atoms with Gasteiger partial charge in [-0.2, -0.15) is 5.10 Å². The summed E-state index contributed by atoms with van der Waals surface area (Å²) in [6.07, 6.45) is 1.13. The van der Waals surface area contributed by atoms with Crippen LogP contribution in [0.25, 0.3) is 11.0 Å². The van der Waals surface area contributed by atoms with E-state index in [9.17, 15) is 4.79 Å². The zero-order valence-electron chi connectivity index (χ0n) is 16.4. The normalized spacial score (nSPS) is 14.6. The van der Waals surface area contributed by atoms with Crippen molar-refractivity contribution in [1.29, 1.82) is 0 Å². The predicted molar refractivity (Wildman–Crippen MR) is 120 cm³/mol. The van der Waals surface area contributed by atoms with E-state index >= 15 is 0 Å². The summed E-state index contributed by atoms with van der Waals surface area (Å²) >= 11 is 1.74. The smallest absolute Gasteiger partial charge is 0.307 e. The van der Waals surface area contributed by atoms with Crippen molar-refractivity contribution in [2.45, 2.75) is 20.3 Å². The quantitative estimate of drug-likeness (QED) is 0.482. The van der Waals surface area contributed by atoms with E-state index in [0.29, 0.717) is 11.3 Å². The van der Waals surface area contributed by atoms with Crippen LogP contribution in [0.4, 0.5) is 5.69 Å². The maximum Gasteiger partial charge on any atom is 0.307 e. The average Bonchev–Trinajstić information content (AvgIpc) is 3.10. The van der Waals surface area contributed by atoms with Gasteiger partial charge < -0.3 is 9.73 Å². The molecule has 0 saturated carbocycles. The third-order valence-corrected chi connectivity index (χ3v) is 5.72. The summed E-state index contributed by atoms with van der Waals surface area (Å²) in [5.74, 6) is 1.02. The van der Waals surface area contributed by atoms with E-state index in [1.165, 1.54) is 0 Å². The number of fused-ring (bicyclic) bond motifs is 1. The Morgan fingerprint density at radius 2 is 1.97 bits per heavy atom. The molecule has 0 spiro atoms. The molecule has 0 atom stereocenters. The lowest BCUT2D eigenvalue weighted by Gasteiger charge is -2.13. The number of nitrogens with zero attached hydrogens (tertiary/aromatic N) is 2. The number of aliphatic imine (C=N–C) groups is 1. The van der Waals surface area contributed by atoms with Crippen LogP contribution in [-0.4, -0.2) is 29.1 Å².